The number of rotatable bonds is 5. The SMILES string of the molecule is COc1cc2occ(-c3ccccc3)c2cc1/C(C)=C/C(=O)Nc1cccc2cccnc12. The fourth-order valence-corrected chi connectivity index (χ4v) is 4.02. The Bertz CT molecular complexity index is 1490. The summed E-state index contributed by atoms with van der Waals surface area (Å²) in [6.07, 6.45) is 5.05. The van der Waals surface area contributed by atoms with E-state index in [1.807, 2.05) is 79.7 Å². The number of para-hydroxylation sites is 1. The van der Waals surface area contributed by atoms with Crippen LogP contribution in [0, 0.1) is 0 Å². The first kappa shape index (κ1) is 20.5. The molecule has 5 rings (SSSR count). The van der Waals surface area contributed by atoms with Crippen LogP contribution in [0.25, 0.3) is 38.6 Å². The van der Waals surface area contributed by atoms with Gasteiger partial charge in [0.05, 0.1) is 24.6 Å². The van der Waals surface area contributed by atoms with Crippen molar-refractivity contribution in [2.24, 2.45) is 0 Å². The normalized spacial score (nSPS) is 11.6. The molecule has 5 heteroatoms. The second-order valence-electron chi connectivity index (χ2n) is 7.76. The largest absolute Gasteiger partial charge is 0.496 e. The molecule has 0 unspecified atom stereocenters. The maximum absolute atomic E-state index is 12.9. The number of aromatic nitrogens is 1. The monoisotopic (exact) mass is 434 g/mol. The first-order chi connectivity index (χ1) is 16.1. The van der Waals surface area contributed by atoms with Crippen molar-refractivity contribution in [1.29, 1.82) is 0 Å². The second kappa shape index (κ2) is 8.63. The van der Waals surface area contributed by atoms with Gasteiger partial charge in [0.15, 0.2) is 0 Å². The Morgan fingerprint density at radius 3 is 2.67 bits per heavy atom. The predicted octanol–water partition coefficient (Wildman–Crippen LogP) is 6.70. The molecule has 0 atom stereocenters. The molecule has 1 N–H and O–H groups in total. The lowest BCUT2D eigenvalue weighted by Crippen LogP contribution is -2.09. The van der Waals surface area contributed by atoms with Crippen molar-refractivity contribution < 1.29 is 13.9 Å². The van der Waals surface area contributed by atoms with E-state index in [9.17, 15) is 4.79 Å². The highest BCUT2D eigenvalue weighted by Gasteiger charge is 2.15. The number of methoxy groups -OCH3 is 1. The van der Waals surface area contributed by atoms with Crippen LogP contribution in [0.3, 0.4) is 0 Å². The molecule has 1 amide bonds. The van der Waals surface area contributed by atoms with E-state index < -0.39 is 0 Å². The molecule has 0 saturated heterocycles. The minimum absolute atomic E-state index is 0.233. The molecule has 0 aliphatic rings. The number of nitrogens with zero attached hydrogens (tertiary/aromatic N) is 1. The first-order valence-electron chi connectivity index (χ1n) is 10.6. The molecule has 0 saturated carbocycles. The fraction of sp³-hybridized carbons (Fsp3) is 0.0714. The highest BCUT2D eigenvalue weighted by Crippen LogP contribution is 2.37. The van der Waals surface area contributed by atoms with Crippen molar-refractivity contribution in [2.75, 3.05) is 12.4 Å². The topological polar surface area (TPSA) is 64.4 Å². The van der Waals surface area contributed by atoms with Gasteiger partial charge in [0.25, 0.3) is 0 Å². The van der Waals surface area contributed by atoms with Crippen molar-refractivity contribution >= 4 is 39.0 Å². The third kappa shape index (κ3) is 3.96. The minimum Gasteiger partial charge on any atom is -0.496 e. The van der Waals surface area contributed by atoms with Gasteiger partial charge in [0.2, 0.25) is 5.91 Å². The zero-order chi connectivity index (χ0) is 22.8. The zero-order valence-corrected chi connectivity index (χ0v) is 18.3. The number of allylic oxidation sites excluding steroid dienone is 1. The molecule has 0 aliphatic heterocycles. The molecule has 0 fully saturated rings. The van der Waals surface area contributed by atoms with E-state index in [0.29, 0.717) is 11.4 Å². The van der Waals surface area contributed by atoms with Crippen LogP contribution in [0.5, 0.6) is 5.75 Å². The van der Waals surface area contributed by atoms with E-state index >= 15 is 0 Å². The lowest BCUT2D eigenvalue weighted by molar-refractivity contribution is -0.111. The van der Waals surface area contributed by atoms with Gasteiger partial charge in [-0.05, 0) is 36.3 Å². The maximum Gasteiger partial charge on any atom is 0.248 e. The summed E-state index contributed by atoms with van der Waals surface area (Å²) in [4.78, 5) is 17.3. The molecule has 162 valence electrons. The number of ether oxygens (including phenoxy) is 1. The van der Waals surface area contributed by atoms with Crippen LogP contribution in [-0.4, -0.2) is 18.0 Å². The highest BCUT2D eigenvalue weighted by atomic mass is 16.5. The third-order valence-electron chi connectivity index (χ3n) is 5.64. The van der Waals surface area contributed by atoms with Crippen molar-refractivity contribution in [3.63, 3.8) is 0 Å². The smallest absolute Gasteiger partial charge is 0.248 e. The molecular weight excluding hydrogens is 412 g/mol. The average Bonchev–Trinajstić information content (AvgIpc) is 3.27. The van der Waals surface area contributed by atoms with Crippen LogP contribution in [0.2, 0.25) is 0 Å². The number of carbonyl (C=O) groups is 1. The van der Waals surface area contributed by atoms with Gasteiger partial charge in [-0.25, -0.2) is 0 Å². The summed E-state index contributed by atoms with van der Waals surface area (Å²) in [6, 6.07) is 23.5. The van der Waals surface area contributed by atoms with Crippen molar-refractivity contribution in [1.82, 2.24) is 4.98 Å². The van der Waals surface area contributed by atoms with E-state index in [0.717, 1.165) is 44.1 Å². The molecule has 3 aromatic carbocycles. The van der Waals surface area contributed by atoms with E-state index in [1.165, 1.54) is 0 Å². The van der Waals surface area contributed by atoms with Gasteiger partial charge in [0.1, 0.15) is 11.3 Å². The van der Waals surface area contributed by atoms with E-state index in [2.05, 4.69) is 10.3 Å². The van der Waals surface area contributed by atoms with Gasteiger partial charge < -0.3 is 14.5 Å². The summed E-state index contributed by atoms with van der Waals surface area (Å²) in [5.74, 6) is 0.410. The number of hydrogen-bond donors (Lipinski definition) is 1. The van der Waals surface area contributed by atoms with Crippen molar-refractivity contribution in [3.8, 4) is 16.9 Å². The Morgan fingerprint density at radius 1 is 1.03 bits per heavy atom. The molecule has 0 aliphatic carbocycles. The van der Waals surface area contributed by atoms with Gasteiger partial charge in [-0.2, -0.15) is 0 Å². The van der Waals surface area contributed by atoms with Crippen LogP contribution < -0.4 is 10.1 Å². The number of nitrogens with one attached hydrogen (secondary N) is 1. The summed E-state index contributed by atoms with van der Waals surface area (Å²) < 4.78 is 11.4. The van der Waals surface area contributed by atoms with E-state index in [-0.39, 0.29) is 5.91 Å². The molecule has 2 aromatic heterocycles. The molecule has 5 nitrogen and oxygen atoms in total. The Balaban J connectivity index is 1.51. The number of carbonyl (C=O) groups excluding carboxylic acids is 1. The van der Waals surface area contributed by atoms with Crippen LogP contribution in [-0.2, 0) is 4.79 Å². The molecule has 0 radical (unpaired) electrons. The summed E-state index contributed by atoms with van der Waals surface area (Å²) in [7, 11) is 1.61. The molecule has 2 heterocycles. The summed E-state index contributed by atoms with van der Waals surface area (Å²) in [5, 5.41) is 4.89. The lowest BCUT2D eigenvalue weighted by Gasteiger charge is -2.11. The van der Waals surface area contributed by atoms with Crippen LogP contribution >= 0.6 is 0 Å². The van der Waals surface area contributed by atoms with Gasteiger partial charge in [-0.15, -0.1) is 0 Å². The van der Waals surface area contributed by atoms with Gasteiger partial charge in [-0.3, -0.25) is 9.78 Å². The standard InChI is InChI=1S/C28H22N2O3/c1-18(14-27(31)30-24-12-6-10-20-11-7-13-29-28(20)24)21-15-22-23(19-8-4-3-5-9-19)17-33-26(22)16-25(21)32-2/h3-17H,1-2H3,(H,30,31)/b18-14+. The number of anilines is 1. The van der Waals surface area contributed by atoms with E-state index in [4.69, 9.17) is 9.15 Å². The Labute approximate surface area is 191 Å². The molecule has 0 spiro atoms. The van der Waals surface area contributed by atoms with E-state index in [1.54, 1.807) is 25.6 Å². The number of benzene rings is 3. The minimum atomic E-state index is -0.233. The van der Waals surface area contributed by atoms with Crippen molar-refractivity contribution in [3.05, 3.63) is 96.9 Å². The molecule has 0 bridgehead atoms. The first-order valence-corrected chi connectivity index (χ1v) is 10.6. The number of pyridine rings is 1. The van der Waals surface area contributed by atoms with Gasteiger partial charge >= 0.3 is 0 Å². The van der Waals surface area contributed by atoms with Crippen LogP contribution in [0.4, 0.5) is 5.69 Å². The Hall–Kier alpha value is -4.38. The summed E-state index contributed by atoms with van der Waals surface area (Å²) in [6.45, 7) is 1.90. The van der Waals surface area contributed by atoms with Gasteiger partial charge in [0, 0.05) is 40.2 Å². The van der Waals surface area contributed by atoms with Crippen LogP contribution in [0.1, 0.15) is 12.5 Å². The average molecular weight is 434 g/mol. The maximum atomic E-state index is 12.9. The van der Waals surface area contributed by atoms with Crippen molar-refractivity contribution in [2.45, 2.75) is 6.92 Å². The zero-order valence-electron chi connectivity index (χ0n) is 18.3. The number of amides is 1. The Kier molecular flexibility index (Phi) is 5.37. The van der Waals surface area contributed by atoms with Crippen LogP contribution in [0.15, 0.2) is 95.7 Å². The number of fused-ring (bicyclic) bond motifs is 2. The number of furan rings is 1. The molecule has 33 heavy (non-hydrogen) atoms. The predicted molar refractivity (Wildman–Crippen MR) is 132 cm³/mol. The third-order valence-corrected chi connectivity index (χ3v) is 5.64. The summed E-state index contributed by atoms with van der Waals surface area (Å²) >= 11 is 0. The second-order valence-corrected chi connectivity index (χ2v) is 7.76. The quantitative estimate of drug-likeness (QED) is 0.313. The molecule has 5 aromatic rings. The summed E-state index contributed by atoms with van der Waals surface area (Å²) in [5.41, 5.74) is 5.82. The molecular formula is C28H22N2O3. The number of hydrogen-bond acceptors (Lipinski definition) is 4. The van der Waals surface area contributed by atoms with Gasteiger partial charge in [-0.1, -0.05) is 48.5 Å². The fourth-order valence-electron chi connectivity index (χ4n) is 4.02. The highest BCUT2D eigenvalue weighted by molar-refractivity contribution is 6.08. The lowest BCUT2D eigenvalue weighted by atomic mass is 9.99. The Morgan fingerprint density at radius 2 is 1.85 bits per heavy atom.